The van der Waals surface area contributed by atoms with Crippen molar-refractivity contribution in [3.8, 4) is 5.75 Å². The summed E-state index contributed by atoms with van der Waals surface area (Å²) in [6, 6.07) is 7.39. The monoisotopic (exact) mass is 409 g/mol. The Kier molecular flexibility index (Phi) is 6.06. The Morgan fingerprint density at radius 2 is 1.90 bits per heavy atom. The van der Waals surface area contributed by atoms with Crippen molar-refractivity contribution >= 4 is 17.5 Å². The van der Waals surface area contributed by atoms with E-state index in [1.54, 1.807) is 0 Å². The van der Waals surface area contributed by atoms with Gasteiger partial charge in [-0.3, -0.25) is 0 Å². The van der Waals surface area contributed by atoms with Crippen LogP contribution < -0.4 is 15.0 Å². The first-order chi connectivity index (χ1) is 14.5. The number of carbonyl (C=O) groups excluding carboxylic acids is 1. The van der Waals surface area contributed by atoms with Crippen LogP contribution in [0.3, 0.4) is 0 Å². The van der Waals surface area contributed by atoms with Crippen molar-refractivity contribution in [1.82, 2.24) is 14.9 Å². The van der Waals surface area contributed by atoms with E-state index in [4.69, 9.17) is 9.72 Å². The van der Waals surface area contributed by atoms with E-state index in [9.17, 15) is 4.79 Å². The summed E-state index contributed by atoms with van der Waals surface area (Å²) in [5, 5.41) is 3.00. The number of urea groups is 1. The molecule has 7 heteroatoms. The molecule has 0 radical (unpaired) electrons. The second-order valence-corrected chi connectivity index (χ2v) is 8.25. The zero-order valence-corrected chi connectivity index (χ0v) is 18.1. The second-order valence-electron chi connectivity index (χ2n) is 8.25. The Bertz CT molecular complexity index is 891. The molecule has 0 saturated carbocycles. The number of nitrogens with one attached hydrogen (secondary N) is 1. The number of hydrogen-bond donors (Lipinski definition) is 1. The average Bonchev–Trinajstić information content (AvgIpc) is 2.75. The van der Waals surface area contributed by atoms with Crippen LogP contribution in [0, 0.1) is 12.8 Å². The molecule has 1 fully saturated rings. The van der Waals surface area contributed by atoms with Gasteiger partial charge in [0, 0.05) is 37.3 Å². The smallest absolute Gasteiger partial charge is 0.322 e. The molecule has 1 aromatic carbocycles. The van der Waals surface area contributed by atoms with E-state index in [0.29, 0.717) is 19.7 Å². The van der Waals surface area contributed by atoms with Crippen LogP contribution in [0.1, 0.15) is 43.8 Å². The van der Waals surface area contributed by atoms with Gasteiger partial charge in [0.25, 0.3) is 0 Å². The summed E-state index contributed by atoms with van der Waals surface area (Å²) in [4.78, 5) is 26.6. The van der Waals surface area contributed by atoms with Crippen LogP contribution in [-0.2, 0) is 13.0 Å². The highest BCUT2D eigenvalue weighted by Crippen LogP contribution is 2.30. The number of aryl methyl sites for hydroxylation is 1. The zero-order valence-electron chi connectivity index (χ0n) is 18.1. The number of fused-ring (bicyclic) bond motifs is 1. The van der Waals surface area contributed by atoms with Crippen LogP contribution in [0.25, 0.3) is 0 Å². The number of nitrogens with zero attached hydrogens (tertiary/aromatic N) is 4. The summed E-state index contributed by atoms with van der Waals surface area (Å²) in [5.74, 6) is 3.39. The van der Waals surface area contributed by atoms with Crippen LogP contribution in [0.5, 0.6) is 5.75 Å². The molecule has 0 aliphatic carbocycles. The van der Waals surface area contributed by atoms with Gasteiger partial charge in [-0.05, 0) is 56.9 Å². The topological polar surface area (TPSA) is 70.6 Å². The fourth-order valence-electron chi connectivity index (χ4n) is 4.18. The van der Waals surface area contributed by atoms with Gasteiger partial charge >= 0.3 is 6.03 Å². The fourth-order valence-corrected chi connectivity index (χ4v) is 4.18. The van der Waals surface area contributed by atoms with E-state index in [1.165, 1.54) is 12.8 Å². The minimum absolute atomic E-state index is 0.0939. The number of ether oxygens (including phenoxy) is 1. The minimum Gasteiger partial charge on any atom is -0.494 e. The van der Waals surface area contributed by atoms with Gasteiger partial charge in [-0.25, -0.2) is 14.8 Å². The van der Waals surface area contributed by atoms with Crippen molar-refractivity contribution in [3.63, 3.8) is 0 Å². The lowest BCUT2D eigenvalue weighted by Gasteiger charge is -2.36. The van der Waals surface area contributed by atoms with Gasteiger partial charge in [0.1, 0.15) is 17.4 Å². The molecule has 2 aliphatic rings. The summed E-state index contributed by atoms with van der Waals surface area (Å²) < 4.78 is 5.47. The van der Waals surface area contributed by atoms with E-state index in [0.717, 1.165) is 59.8 Å². The first-order valence-corrected chi connectivity index (χ1v) is 10.9. The number of carbonyl (C=O) groups is 1. The molecule has 1 aromatic heterocycles. The maximum absolute atomic E-state index is 12.9. The number of rotatable bonds is 4. The number of hydrogen-bond acceptors (Lipinski definition) is 5. The van der Waals surface area contributed by atoms with Crippen molar-refractivity contribution in [2.45, 2.75) is 46.6 Å². The van der Waals surface area contributed by atoms with Crippen molar-refractivity contribution in [2.24, 2.45) is 5.92 Å². The van der Waals surface area contributed by atoms with E-state index in [1.807, 2.05) is 43.0 Å². The molecule has 2 aliphatic heterocycles. The van der Waals surface area contributed by atoms with Gasteiger partial charge in [-0.1, -0.05) is 6.92 Å². The minimum atomic E-state index is -0.0939. The molecule has 7 nitrogen and oxygen atoms in total. The van der Waals surface area contributed by atoms with E-state index in [-0.39, 0.29) is 6.03 Å². The molecule has 2 aromatic rings. The number of amides is 2. The molecule has 0 spiro atoms. The molecule has 1 N–H and O–H groups in total. The summed E-state index contributed by atoms with van der Waals surface area (Å²) in [6.07, 6.45) is 3.12. The van der Waals surface area contributed by atoms with E-state index >= 15 is 0 Å². The lowest BCUT2D eigenvalue weighted by Crippen LogP contribution is -2.41. The molecule has 3 heterocycles. The van der Waals surface area contributed by atoms with Crippen molar-refractivity contribution in [3.05, 3.63) is 41.3 Å². The third-order valence-electron chi connectivity index (χ3n) is 5.94. The normalized spacial score (nSPS) is 16.9. The summed E-state index contributed by atoms with van der Waals surface area (Å²) >= 11 is 0. The third kappa shape index (κ3) is 4.50. The number of aromatic nitrogens is 2. The lowest BCUT2D eigenvalue weighted by molar-refractivity contribution is 0.206. The Labute approximate surface area is 178 Å². The molecule has 0 unspecified atom stereocenters. The first kappa shape index (κ1) is 20.4. The van der Waals surface area contributed by atoms with Gasteiger partial charge in [0.05, 0.1) is 18.8 Å². The van der Waals surface area contributed by atoms with Gasteiger partial charge in [-0.2, -0.15) is 0 Å². The van der Waals surface area contributed by atoms with E-state index in [2.05, 4.69) is 22.1 Å². The highest BCUT2D eigenvalue weighted by atomic mass is 16.5. The van der Waals surface area contributed by atoms with Crippen molar-refractivity contribution in [2.75, 3.05) is 36.5 Å². The largest absolute Gasteiger partial charge is 0.494 e. The van der Waals surface area contributed by atoms with Crippen LogP contribution >= 0.6 is 0 Å². The summed E-state index contributed by atoms with van der Waals surface area (Å²) in [5.41, 5.74) is 2.95. The molecule has 2 amide bonds. The van der Waals surface area contributed by atoms with Crippen LogP contribution in [0.4, 0.5) is 16.3 Å². The molecule has 1 saturated heterocycles. The van der Waals surface area contributed by atoms with Crippen LogP contribution in [-0.4, -0.2) is 47.1 Å². The SMILES string of the molecule is CCOc1ccc(NC(=O)N2CCc3nc(C)nc(N4CCC(C)CC4)c3C2)cc1. The number of piperidine rings is 1. The predicted molar refractivity (Wildman–Crippen MR) is 118 cm³/mol. The zero-order chi connectivity index (χ0) is 21.1. The maximum Gasteiger partial charge on any atom is 0.322 e. The van der Waals surface area contributed by atoms with E-state index < -0.39 is 0 Å². The van der Waals surface area contributed by atoms with Crippen molar-refractivity contribution in [1.29, 1.82) is 0 Å². The molecule has 0 bridgehead atoms. The molecular weight excluding hydrogens is 378 g/mol. The van der Waals surface area contributed by atoms with Gasteiger partial charge in [-0.15, -0.1) is 0 Å². The molecule has 30 heavy (non-hydrogen) atoms. The quantitative estimate of drug-likeness (QED) is 0.826. The Morgan fingerprint density at radius 1 is 1.17 bits per heavy atom. The lowest BCUT2D eigenvalue weighted by atomic mass is 9.98. The Balaban J connectivity index is 1.48. The predicted octanol–water partition coefficient (Wildman–Crippen LogP) is 4.01. The number of anilines is 2. The number of benzene rings is 1. The molecule has 160 valence electrons. The highest BCUT2D eigenvalue weighted by molar-refractivity contribution is 5.89. The van der Waals surface area contributed by atoms with Crippen molar-refractivity contribution < 1.29 is 9.53 Å². The molecule has 4 rings (SSSR count). The third-order valence-corrected chi connectivity index (χ3v) is 5.94. The fraction of sp³-hybridized carbons (Fsp3) is 0.522. The molecular formula is C23H31N5O2. The maximum atomic E-state index is 12.9. The Morgan fingerprint density at radius 3 is 2.60 bits per heavy atom. The van der Waals surface area contributed by atoms with Gasteiger partial charge in [0.15, 0.2) is 0 Å². The van der Waals surface area contributed by atoms with Crippen LogP contribution in [0.15, 0.2) is 24.3 Å². The second kappa shape index (κ2) is 8.90. The first-order valence-electron chi connectivity index (χ1n) is 10.9. The standard InChI is InChI=1S/C23H31N5O2/c1-4-30-19-7-5-18(6-8-19)26-23(29)28-14-11-21-20(15-28)22(25-17(3)24-21)27-12-9-16(2)10-13-27/h5-8,16H,4,9-15H2,1-3H3,(H,26,29). The summed E-state index contributed by atoms with van der Waals surface area (Å²) in [7, 11) is 0. The Hall–Kier alpha value is -2.83. The van der Waals surface area contributed by atoms with Gasteiger partial charge < -0.3 is 19.9 Å². The summed E-state index contributed by atoms with van der Waals surface area (Å²) in [6.45, 7) is 10.1. The highest BCUT2D eigenvalue weighted by Gasteiger charge is 2.28. The van der Waals surface area contributed by atoms with Crippen LogP contribution in [0.2, 0.25) is 0 Å². The van der Waals surface area contributed by atoms with Gasteiger partial charge in [0.2, 0.25) is 0 Å². The average molecular weight is 410 g/mol. The molecule has 0 atom stereocenters.